The Kier molecular flexibility index (Phi) is 3.62. The molecule has 0 aromatic carbocycles. The van der Waals surface area contributed by atoms with Gasteiger partial charge < -0.3 is 4.90 Å². The number of hydrogen-bond acceptors (Lipinski definition) is 4. The van der Waals surface area contributed by atoms with Crippen LogP contribution in [0.5, 0.6) is 0 Å². The molecule has 0 N–H and O–H groups in total. The van der Waals surface area contributed by atoms with Crippen LogP contribution in [0.2, 0.25) is 0 Å². The van der Waals surface area contributed by atoms with Gasteiger partial charge in [-0.15, -0.1) is 11.8 Å². The van der Waals surface area contributed by atoms with Gasteiger partial charge in [0.25, 0.3) is 0 Å². The molecule has 3 aliphatic heterocycles. The van der Waals surface area contributed by atoms with E-state index >= 15 is 0 Å². The SMILES string of the molecule is c1cnc(SCCC2CN3CCC2CC3)cn1. The summed E-state index contributed by atoms with van der Waals surface area (Å²) < 4.78 is 0. The van der Waals surface area contributed by atoms with Crippen molar-refractivity contribution in [3.8, 4) is 0 Å². The van der Waals surface area contributed by atoms with E-state index in [-0.39, 0.29) is 0 Å². The molecule has 3 saturated heterocycles. The zero-order valence-electron chi connectivity index (χ0n) is 10.1. The molecular weight excluding hydrogens is 230 g/mol. The van der Waals surface area contributed by atoms with Gasteiger partial charge in [0.15, 0.2) is 0 Å². The minimum Gasteiger partial charge on any atom is -0.303 e. The highest BCUT2D eigenvalue weighted by Gasteiger charge is 2.33. The summed E-state index contributed by atoms with van der Waals surface area (Å²) in [4.78, 5) is 11.0. The number of piperidine rings is 3. The molecule has 4 heterocycles. The van der Waals surface area contributed by atoms with Gasteiger partial charge in [-0.3, -0.25) is 4.98 Å². The van der Waals surface area contributed by atoms with E-state index in [4.69, 9.17) is 0 Å². The number of rotatable bonds is 4. The van der Waals surface area contributed by atoms with Crippen molar-refractivity contribution in [2.45, 2.75) is 24.3 Å². The topological polar surface area (TPSA) is 29.0 Å². The summed E-state index contributed by atoms with van der Waals surface area (Å²) in [6, 6.07) is 0. The van der Waals surface area contributed by atoms with Crippen molar-refractivity contribution in [2.75, 3.05) is 25.4 Å². The number of nitrogens with zero attached hydrogens (tertiary/aromatic N) is 3. The van der Waals surface area contributed by atoms with Crippen LogP contribution >= 0.6 is 11.8 Å². The fourth-order valence-corrected chi connectivity index (χ4v) is 3.99. The molecule has 0 spiro atoms. The van der Waals surface area contributed by atoms with Gasteiger partial charge in [0.05, 0.1) is 6.20 Å². The maximum absolute atomic E-state index is 4.30. The Hall–Kier alpha value is -0.610. The van der Waals surface area contributed by atoms with Crippen molar-refractivity contribution in [3.05, 3.63) is 18.6 Å². The fourth-order valence-electron chi connectivity index (χ4n) is 3.09. The molecule has 0 aliphatic carbocycles. The van der Waals surface area contributed by atoms with E-state index < -0.39 is 0 Å². The summed E-state index contributed by atoms with van der Waals surface area (Å²) in [6.45, 7) is 4.03. The molecule has 92 valence electrons. The van der Waals surface area contributed by atoms with Gasteiger partial charge in [0.2, 0.25) is 0 Å². The summed E-state index contributed by atoms with van der Waals surface area (Å²) >= 11 is 1.85. The molecule has 3 aliphatic rings. The zero-order valence-corrected chi connectivity index (χ0v) is 10.9. The van der Waals surface area contributed by atoms with Crippen LogP contribution in [0.15, 0.2) is 23.6 Å². The van der Waals surface area contributed by atoms with Crippen LogP contribution in [0.3, 0.4) is 0 Å². The number of hydrogen-bond donors (Lipinski definition) is 0. The summed E-state index contributed by atoms with van der Waals surface area (Å²) in [7, 11) is 0. The Balaban J connectivity index is 1.46. The van der Waals surface area contributed by atoms with Crippen LogP contribution in [0.1, 0.15) is 19.3 Å². The fraction of sp³-hybridized carbons (Fsp3) is 0.692. The minimum absolute atomic E-state index is 0.932. The Morgan fingerprint density at radius 3 is 2.82 bits per heavy atom. The van der Waals surface area contributed by atoms with E-state index in [1.807, 2.05) is 18.0 Å². The summed E-state index contributed by atoms with van der Waals surface area (Å²) in [5.41, 5.74) is 0. The molecule has 4 heteroatoms. The molecule has 3 nitrogen and oxygen atoms in total. The minimum atomic E-state index is 0.932. The number of thioether (sulfide) groups is 1. The van der Waals surface area contributed by atoms with Crippen LogP contribution in [-0.4, -0.2) is 40.3 Å². The summed E-state index contributed by atoms with van der Waals surface area (Å²) in [5, 5.41) is 1.06. The highest BCUT2D eigenvalue weighted by Crippen LogP contribution is 2.35. The quantitative estimate of drug-likeness (QED) is 0.766. The highest BCUT2D eigenvalue weighted by molar-refractivity contribution is 7.99. The average Bonchev–Trinajstić information content (AvgIpc) is 2.41. The second kappa shape index (κ2) is 5.36. The molecular formula is C13H19N3S. The Labute approximate surface area is 107 Å². The second-order valence-corrected chi connectivity index (χ2v) is 6.19. The van der Waals surface area contributed by atoms with Crippen LogP contribution in [0, 0.1) is 11.8 Å². The molecule has 3 fully saturated rings. The lowest BCUT2D eigenvalue weighted by Crippen LogP contribution is -2.47. The van der Waals surface area contributed by atoms with Gasteiger partial charge in [-0.1, -0.05) is 0 Å². The normalized spacial score (nSPS) is 31.6. The third-order valence-corrected chi connectivity index (χ3v) is 5.02. The average molecular weight is 249 g/mol. The molecule has 1 unspecified atom stereocenters. The standard InChI is InChI=1S/C13H19N3S/c1-6-16-7-2-11(1)12(10-16)3-8-17-13-9-14-4-5-15-13/h4-5,9,11-12H,1-3,6-8,10H2. The van der Waals surface area contributed by atoms with Crippen LogP contribution in [-0.2, 0) is 0 Å². The molecule has 1 aromatic heterocycles. The Morgan fingerprint density at radius 2 is 2.18 bits per heavy atom. The van der Waals surface area contributed by atoms with Gasteiger partial charge in [0.1, 0.15) is 5.03 Å². The first-order chi connectivity index (χ1) is 8.42. The predicted molar refractivity (Wildman–Crippen MR) is 70.0 cm³/mol. The third-order valence-electron chi connectivity index (χ3n) is 4.07. The van der Waals surface area contributed by atoms with E-state index in [9.17, 15) is 0 Å². The summed E-state index contributed by atoms with van der Waals surface area (Å²) in [5.74, 6) is 3.12. The maximum atomic E-state index is 4.30. The van der Waals surface area contributed by atoms with E-state index in [1.54, 1.807) is 12.4 Å². The van der Waals surface area contributed by atoms with Gasteiger partial charge >= 0.3 is 0 Å². The van der Waals surface area contributed by atoms with Gasteiger partial charge in [-0.05, 0) is 49.9 Å². The lowest BCUT2D eigenvalue weighted by atomic mass is 9.78. The first-order valence-corrected chi connectivity index (χ1v) is 7.51. The molecule has 1 aromatic rings. The second-order valence-electron chi connectivity index (χ2n) is 5.08. The predicted octanol–water partition coefficient (Wildman–Crippen LogP) is 2.30. The first-order valence-electron chi connectivity index (χ1n) is 6.53. The van der Waals surface area contributed by atoms with E-state index in [2.05, 4.69) is 14.9 Å². The van der Waals surface area contributed by atoms with Crippen molar-refractivity contribution in [1.82, 2.24) is 14.9 Å². The third kappa shape index (κ3) is 2.80. The van der Waals surface area contributed by atoms with Crippen LogP contribution < -0.4 is 0 Å². The lowest BCUT2D eigenvalue weighted by Gasteiger charge is -2.45. The zero-order chi connectivity index (χ0) is 11.5. The van der Waals surface area contributed by atoms with E-state index in [1.165, 1.54) is 44.6 Å². The maximum Gasteiger partial charge on any atom is 0.114 e. The molecule has 0 radical (unpaired) electrons. The Morgan fingerprint density at radius 1 is 1.29 bits per heavy atom. The van der Waals surface area contributed by atoms with E-state index in [0.29, 0.717) is 0 Å². The molecule has 2 bridgehead atoms. The Bertz CT molecular complexity index is 349. The van der Waals surface area contributed by atoms with Gasteiger partial charge in [-0.25, -0.2) is 4.98 Å². The molecule has 4 rings (SSSR count). The number of fused-ring (bicyclic) bond motifs is 3. The van der Waals surface area contributed by atoms with Gasteiger partial charge in [0, 0.05) is 18.9 Å². The molecule has 0 amide bonds. The largest absolute Gasteiger partial charge is 0.303 e. The van der Waals surface area contributed by atoms with Crippen molar-refractivity contribution >= 4 is 11.8 Å². The van der Waals surface area contributed by atoms with Crippen LogP contribution in [0.4, 0.5) is 0 Å². The molecule has 0 saturated carbocycles. The molecule has 17 heavy (non-hydrogen) atoms. The number of aromatic nitrogens is 2. The first kappa shape index (κ1) is 11.5. The molecule has 1 atom stereocenters. The van der Waals surface area contributed by atoms with Crippen molar-refractivity contribution in [2.24, 2.45) is 11.8 Å². The monoisotopic (exact) mass is 249 g/mol. The van der Waals surface area contributed by atoms with Crippen molar-refractivity contribution in [1.29, 1.82) is 0 Å². The van der Waals surface area contributed by atoms with Crippen molar-refractivity contribution < 1.29 is 0 Å². The highest BCUT2D eigenvalue weighted by atomic mass is 32.2. The van der Waals surface area contributed by atoms with Gasteiger partial charge in [-0.2, -0.15) is 0 Å². The summed E-state index contributed by atoms with van der Waals surface area (Å²) in [6.07, 6.45) is 9.57. The smallest absolute Gasteiger partial charge is 0.114 e. The van der Waals surface area contributed by atoms with Crippen molar-refractivity contribution in [3.63, 3.8) is 0 Å². The van der Waals surface area contributed by atoms with Crippen LogP contribution in [0.25, 0.3) is 0 Å². The lowest BCUT2D eigenvalue weighted by molar-refractivity contribution is 0.0498. The van der Waals surface area contributed by atoms with E-state index in [0.717, 1.165) is 16.9 Å².